The fourth-order valence-electron chi connectivity index (χ4n) is 2.09. The molecule has 0 aromatic heterocycles. The van der Waals surface area contributed by atoms with E-state index in [-0.39, 0.29) is 6.04 Å². The third kappa shape index (κ3) is 3.59. The van der Waals surface area contributed by atoms with Crippen LogP contribution in [0.2, 0.25) is 5.02 Å². The molecule has 2 aromatic rings. The lowest BCUT2D eigenvalue weighted by atomic mass is 9.99. The van der Waals surface area contributed by atoms with E-state index in [9.17, 15) is 0 Å². The van der Waals surface area contributed by atoms with Crippen LogP contribution < -0.4 is 5.73 Å². The minimum absolute atomic E-state index is 0.104. The number of hydrogen-bond donors (Lipinski definition) is 1. The summed E-state index contributed by atoms with van der Waals surface area (Å²) < 4.78 is 0. The Bertz CT molecular complexity index is 508. The van der Waals surface area contributed by atoms with E-state index in [1.165, 1.54) is 11.1 Å². The molecule has 2 rings (SSSR count). The first-order chi connectivity index (χ1) is 8.65. The van der Waals surface area contributed by atoms with Gasteiger partial charge in [0.05, 0.1) is 0 Å². The standard InChI is InChI=1S/C16H18ClN/c1-12-7-8-14(16(17)9-12)11-15(18)10-13-5-3-2-4-6-13/h2-9,15H,10-11,18H2,1H3. The van der Waals surface area contributed by atoms with Gasteiger partial charge in [-0.05, 0) is 42.5 Å². The Morgan fingerprint density at radius 2 is 1.78 bits per heavy atom. The molecule has 0 bridgehead atoms. The van der Waals surface area contributed by atoms with Crippen molar-refractivity contribution < 1.29 is 0 Å². The molecule has 0 radical (unpaired) electrons. The van der Waals surface area contributed by atoms with Crippen LogP contribution in [0.5, 0.6) is 0 Å². The second-order valence-corrected chi connectivity index (χ2v) is 5.16. The quantitative estimate of drug-likeness (QED) is 0.889. The summed E-state index contributed by atoms with van der Waals surface area (Å²) >= 11 is 6.22. The molecule has 2 N–H and O–H groups in total. The highest BCUT2D eigenvalue weighted by Crippen LogP contribution is 2.19. The van der Waals surface area contributed by atoms with Gasteiger partial charge in [0.2, 0.25) is 0 Å². The summed E-state index contributed by atoms with van der Waals surface area (Å²) in [4.78, 5) is 0. The molecule has 0 saturated carbocycles. The molecular formula is C16H18ClN. The zero-order valence-corrected chi connectivity index (χ0v) is 11.3. The minimum atomic E-state index is 0.104. The molecule has 0 aliphatic carbocycles. The molecule has 0 spiro atoms. The highest BCUT2D eigenvalue weighted by Gasteiger charge is 2.08. The Labute approximate surface area is 114 Å². The van der Waals surface area contributed by atoms with Gasteiger partial charge in [-0.15, -0.1) is 0 Å². The topological polar surface area (TPSA) is 26.0 Å². The molecule has 1 atom stereocenters. The van der Waals surface area contributed by atoms with Crippen molar-refractivity contribution in [2.45, 2.75) is 25.8 Å². The number of rotatable bonds is 4. The Kier molecular flexibility index (Phi) is 4.40. The van der Waals surface area contributed by atoms with Crippen molar-refractivity contribution in [1.82, 2.24) is 0 Å². The van der Waals surface area contributed by atoms with Crippen LogP contribution in [0.3, 0.4) is 0 Å². The van der Waals surface area contributed by atoms with Crippen LogP contribution in [0.4, 0.5) is 0 Å². The summed E-state index contributed by atoms with van der Waals surface area (Å²) in [7, 11) is 0. The molecule has 0 aliphatic heterocycles. The van der Waals surface area contributed by atoms with Crippen molar-refractivity contribution in [1.29, 1.82) is 0 Å². The zero-order chi connectivity index (χ0) is 13.0. The van der Waals surface area contributed by atoms with Crippen LogP contribution in [0, 0.1) is 6.92 Å². The molecule has 0 amide bonds. The van der Waals surface area contributed by atoms with E-state index < -0.39 is 0 Å². The summed E-state index contributed by atoms with van der Waals surface area (Å²) in [6, 6.07) is 16.6. The average molecular weight is 260 g/mol. The largest absolute Gasteiger partial charge is 0.327 e. The predicted octanol–water partition coefficient (Wildman–Crippen LogP) is 3.76. The molecule has 0 fully saturated rings. The fourth-order valence-corrected chi connectivity index (χ4v) is 2.40. The maximum Gasteiger partial charge on any atom is 0.0441 e. The van der Waals surface area contributed by atoms with Crippen molar-refractivity contribution in [3.05, 3.63) is 70.2 Å². The fraction of sp³-hybridized carbons (Fsp3) is 0.250. The number of nitrogens with two attached hydrogens (primary N) is 1. The highest BCUT2D eigenvalue weighted by atomic mass is 35.5. The zero-order valence-electron chi connectivity index (χ0n) is 10.6. The predicted molar refractivity (Wildman–Crippen MR) is 78.0 cm³/mol. The monoisotopic (exact) mass is 259 g/mol. The van der Waals surface area contributed by atoms with E-state index in [2.05, 4.69) is 24.3 Å². The summed E-state index contributed by atoms with van der Waals surface area (Å²) in [5.41, 5.74) is 9.77. The first-order valence-electron chi connectivity index (χ1n) is 6.19. The summed E-state index contributed by atoms with van der Waals surface area (Å²) in [5.74, 6) is 0. The van der Waals surface area contributed by atoms with Gasteiger partial charge in [-0.2, -0.15) is 0 Å². The van der Waals surface area contributed by atoms with Gasteiger partial charge < -0.3 is 5.73 Å². The lowest BCUT2D eigenvalue weighted by molar-refractivity contribution is 0.665. The first-order valence-corrected chi connectivity index (χ1v) is 6.57. The molecule has 0 saturated heterocycles. The van der Waals surface area contributed by atoms with Gasteiger partial charge in [0.1, 0.15) is 0 Å². The molecule has 0 heterocycles. The second-order valence-electron chi connectivity index (χ2n) is 4.75. The maximum absolute atomic E-state index is 6.22. The van der Waals surface area contributed by atoms with E-state index in [1.807, 2.05) is 31.2 Å². The third-order valence-corrected chi connectivity index (χ3v) is 3.38. The van der Waals surface area contributed by atoms with Gasteiger partial charge in [0, 0.05) is 11.1 Å². The Hall–Kier alpha value is -1.31. The smallest absolute Gasteiger partial charge is 0.0441 e. The van der Waals surface area contributed by atoms with Crippen LogP contribution in [0.25, 0.3) is 0 Å². The molecule has 0 aliphatic rings. The van der Waals surface area contributed by atoms with Crippen LogP contribution in [-0.4, -0.2) is 6.04 Å². The molecular weight excluding hydrogens is 242 g/mol. The van der Waals surface area contributed by atoms with Crippen LogP contribution >= 0.6 is 11.6 Å². The lowest BCUT2D eigenvalue weighted by Gasteiger charge is -2.13. The molecule has 2 aromatic carbocycles. The molecule has 1 unspecified atom stereocenters. The lowest BCUT2D eigenvalue weighted by Crippen LogP contribution is -2.25. The second kappa shape index (κ2) is 6.03. The molecule has 1 nitrogen and oxygen atoms in total. The Morgan fingerprint density at radius 3 is 2.44 bits per heavy atom. The van der Waals surface area contributed by atoms with Crippen molar-refractivity contribution in [2.75, 3.05) is 0 Å². The molecule has 94 valence electrons. The first kappa shape index (κ1) is 13.1. The van der Waals surface area contributed by atoms with Gasteiger partial charge in [-0.25, -0.2) is 0 Å². The number of hydrogen-bond acceptors (Lipinski definition) is 1. The Morgan fingerprint density at radius 1 is 1.06 bits per heavy atom. The molecule has 2 heteroatoms. The van der Waals surface area contributed by atoms with Crippen LogP contribution in [0.1, 0.15) is 16.7 Å². The number of halogens is 1. The average Bonchev–Trinajstić information content (AvgIpc) is 2.34. The van der Waals surface area contributed by atoms with Gasteiger partial charge >= 0.3 is 0 Å². The highest BCUT2D eigenvalue weighted by molar-refractivity contribution is 6.31. The summed E-state index contributed by atoms with van der Waals surface area (Å²) in [5, 5.41) is 0.818. The van der Waals surface area contributed by atoms with E-state index >= 15 is 0 Å². The third-order valence-electron chi connectivity index (χ3n) is 3.03. The van der Waals surface area contributed by atoms with E-state index in [4.69, 9.17) is 17.3 Å². The number of benzene rings is 2. The van der Waals surface area contributed by atoms with E-state index in [0.717, 1.165) is 23.4 Å². The van der Waals surface area contributed by atoms with E-state index in [1.54, 1.807) is 0 Å². The molecule has 18 heavy (non-hydrogen) atoms. The van der Waals surface area contributed by atoms with Gasteiger partial charge in [0.15, 0.2) is 0 Å². The van der Waals surface area contributed by atoms with Crippen LogP contribution in [0.15, 0.2) is 48.5 Å². The summed E-state index contributed by atoms with van der Waals surface area (Å²) in [6.07, 6.45) is 1.69. The van der Waals surface area contributed by atoms with Crippen molar-refractivity contribution in [3.63, 3.8) is 0 Å². The van der Waals surface area contributed by atoms with E-state index in [0.29, 0.717) is 0 Å². The number of aryl methyl sites for hydroxylation is 1. The summed E-state index contributed by atoms with van der Waals surface area (Å²) in [6.45, 7) is 2.04. The SMILES string of the molecule is Cc1ccc(CC(N)Cc2ccccc2)c(Cl)c1. The van der Waals surface area contributed by atoms with Crippen molar-refractivity contribution >= 4 is 11.6 Å². The minimum Gasteiger partial charge on any atom is -0.327 e. The Balaban J connectivity index is 2.01. The van der Waals surface area contributed by atoms with Gasteiger partial charge in [0.25, 0.3) is 0 Å². The van der Waals surface area contributed by atoms with Gasteiger partial charge in [-0.1, -0.05) is 54.1 Å². The van der Waals surface area contributed by atoms with Crippen molar-refractivity contribution in [3.8, 4) is 0 Å². The van der Waals surface area contributed by atoms with Crippen molar-refractivity contribution in [2.24, 2.45) is 5.73 Å². The van der Waals surface area contributed by atoms with Gasteiger partial charge in [-0.3, -0.25) is 0 Å². The van der Waals surface area contributed by atoms with Crippen LogP contribution in [-0.2, 0) is 12.8 Å². The maximum atomic E-state index is 6.22. The normalized spacial score (nSPS) is 12.4.